The first kappa shape index (κ1) is 26.9. The van der Waals surface area contributed by atoms with Gasteiger partial charge in [0.1, 0.15) is 6.04 Å². The van der Waals surface area contributed by atoms with Gasteiger partial charge in [-0.3, -0.25) is 14.4 Å². The summed E-state index contributed by atoms with van der Waals surface area (Å²) >= 11 is 5.94. The van der Waals surface area contributed by atoms with Gasteiger partial charge in [0.05, 0.1) is 0 Å². The second kappa shape index (κ2) is 11.5. The van der Waals surface area contributed by atoms with Gasteiger partial charge >= 0.3 is 5.97 Å². The van der Waals surface area contributed by atoms with Crippen LogP contribution in [0.1, 0.15) is 53.3 Å². The summed E-state index contributed by atoms with van der Waals surface area (Å²) in [5.74, 6) is -2.30. The number of rotatable bonds is 7. The third kappa shape index (κ3) is 5.86. The van der Waals surface area contributed by atoms with Crippen LogP contribution in [0.15, 0.2) is 60.7 Å². The Kier molecular flexibility index (Phi) is 8.12. The van der Waals surface area contributed by atoms with Crippen LogP contribution >= 0.6 is 11.6 Å². The van der Waals surface area contributed by atoms with E-state index in [1.54, 1.807) is 66.4 Å². The molecule has 3 N–H and O–H groups in total. The fourth-order valence-corrected chi connectivity index (χ4v) is 4.87. The van der Waals surface area contributed by atoms with Crippen LogP contribution in [-0.2, 0) is 17.8 Å². The molecule has 0 saturated carbocycles. The van der Waals surface area contributed by atoms with Crippen LogP contribution < -0.4 is 10.6 Å². The number of fused-ring (bicyclic) bond motifs is 1. The van der Waals surface area contributed by atoms with Crippen molar-refractivity contribution in [1.29, 1.82) is 0 Å². The standard InChI is InChI=1S/C29H28ClN3O5/c1-17-14-21-16-33(28(36)20-8-10-22(30)11-9-20)13-12-23(21)18(2)25(17)27(35)32-24(29(37)38)15-31-26(34)19-6-4-3-5-7-19/h3-11,14,24H,12-13,15-16H2,1-2H3,(H,31,34)(H,32,35)(H,37,38). The lowest BCUT2D eigenvalue weighted by atomic mass is 9.88. The molecule has 1 atom stereocenters. The van der Waals surface area contributed by atoms with Crippen molar-refractivity contribution in [2.24, 2.45) is 0 Å². The van der Waals surface area contributed by atoms with Gasteiger partial charge in [-0.1, -0.05) is 35.9 Å². The van der Waals surface area contributed by atoms with Crippen molar-refractivity contribution in [3.8, 4) is 0 Å². The molecule has 1 aliphatic rings. The predicted molar refractivity (Wildman–Crippen MR) is 143 cm³/mol. The summed E-state index contributed by atoms with van der Waals surface area (Å²) in [4.78, 5) is 52.1. The van der Waals surface area contributed by atoms with Crippen molar-refractivity contribution in [3.05, 3.63) is 105 Å². The first-order valence-corrected chi connectivity index (χ1v) is 12.6. The molecule has 0 saturated heterocycles. The molecule has 9 heteroatoms. The molecule has 8 nitrogen and oxygen atoms in total. The molecular formula is C29H28ClN3O5. The van der Waals surface area contributed by atoms with E-state index in [1.807, 2.05) is 13.0 Å². The number of hydrogen-bond donors (Lipinski definition) is 3. The maximum Gasteiger partial charge on any atom is 0.328 e. The van der Waals surface area contributed by atoms with Crippen molar-refractivity contribution < 1.29 is 24.3 Å². The number of aliphatic carboxylic acids is 1. The van der Waals surface area contributed by atoms with Crippen LogP contribution in [0, 0.1) is 13.8 Å². The van der Waals surface area contributed by atoms with E-state index in [9.17, 15) is 24.3 Å². The number of nitrogens with zero attached hydrogens (tertiary/aromatic N) is 1. The van der Waals surface area contributed by atoms with Gasteiger partial charge in [-0.25, -0.2) is 4.79 Å². The predicted octanol–water partition coefficient (Wildman–Crippen LogP) is 3.77. The fraction of sp³-hybridized carbons (Fsp3) is 0.241. The number of carboxylic acid groups (broad SMARTS) is 1. The number of halogens is 1. The molecule has 0 bridgehead atoms. The summed E-state index contributed by atoms with van der Waals surface area (Å²) < 4.78 is 0. The van der Waals surface area contributed by atoms with E-state index in [-0.39, 0.29) is 12.5 Å². The molecule has 0 aromatic heterocycles. The Labute approximate surface area is 225 Å². The zero-order valence-corrected chi connectivity index (χ0v) is 21.8. The van der Waals surface area contributed by atoms with Crippen molar-refractivity contribution in [2.75, 3.05) is 13.1 Å². The first-order chi connectivity index (χ1) is 18.2. The molecule has 38 heavy (non-hydrogen) atoms. The van der Waals surface area contributed by atoms with E-state index < -0.39 is 23.8 Å². The maximum absolute atomic E-state index is 13.2. The molecule has 196 valence electrons. The Balaban J connectivity index is 1.47. The molecule has 0 radical (unpaired) electrons. The highest BCUT2D eigenvalue weighted by molar-refractivity contribution is 6.30. The van der Waals surface area contributed by atoms with Crippen molar-refractivity contribution in [3.63, 3.8) is 0 Å². The van der Waals surface area contributed by atoms with E-state index in [4.69, 9.17) is 11.6 Å². The number of carbonyl (C=O) groups is 4. The maximum atomic E-state index is 13.2. The molecular weight excluding hydrogens is 506 g/mol. The Morgan fingerprint density at radius 2 is 1.66 bits per heavy atom. The Morgan fingerprint density at radius 1 is 0.974 bits per heavy atom. The van der Waals surface area contributed by atoms with Crippen LogP contribution in [-0.4, -0.2) is 52.8 Å². The van der Waals surface area contributed by atoms with E-state index in [2.05, 4.69) is 10.6 Å². The quantitative estimate of drug-likeness (QED) is 0.427. The number of aryl methyl sites for hydroxylation is 1. The number of hydrogen-bond acceptors (Lipinski definition) is 4. The normalized spacial score (nSPS) is 13.3. The number of carboxylic acids is 1. The highest BCUT2D eigenvalue weighted by Gasteiger charge is 2.28. The van der Waals surface area contributed by atoms with Gasteiger partial charge in [0, 0.05) is 41.3 Å². The summed E-state index contributed by atoms with van der Waals surface area (Å²) in [6.45, 7) is 4.26. The van der Waals surface area contributed by atoms with Gasteiger partial charge in [-0.2, -0.15) is 0 Å². The number of amides is 3. The Hall–Kier alpha value is -4.17. The van der Waals surface area contributed by atoms with Crippen LogP contribution in [0.3, 0.4) is 0 Å². The first-order valence-electron chi connectivity index (χ1n) is 12.2. The second-order valence-corrected chi connectivity index (χ2v) is 9.69. The van der Waals surface area contributed by atoms with Gasteiger partial charge in [0.25, 0.3) is 17.7 Å². The molecule has 3 aromatic rings. The van der Waals surface area contributed by atoms with Crippen LogP contribution in [0.5, 0.6) is 0 Å². The van der Waals surface area contributed by atoms with Crippen LogP contribution in [0.4, 0.5) is 0 Å². The fourth-order valence-electron chi connectivity index (χ4n) is 4.74. The third-order valence-electron chi connectivity index (χ3n) is 6.70. The summed E-state index contributed by atoms with van der Waals surface area (Å²) in [5, 5.41) is 15.3. The van der Waals surface area contributed by atoms with Gasteiger partial charge in [-0.15, -0.1) is 0 Å². The lowest BCUT2D eigenvalue weighted by Crippen LogP contribution is -2.48. The minimum Gasteiger partial charge on any atom is -0.480 e. The molecule has 0 aliphatic carbocycles. The lowest BCUT2D eigenvalue weighted by molar-refractivity contribution is -0.139. The van der Waals surface area contributed by atoms with E-state index >= 15 is 0 Å². The van der Waals surface area contributed by atoms with E-state index in [0.717, 1.165) is 16.7 Å². The second-order valence-electron chi connectivity index (χ2n) is 9.26. The molecule has 3 amide bonds. The highest BCUT2D eigenvalue weighted by atomic mass is 35.5. The van der Waals surface area contributed by atoms with Crippen LogP contribution in [0.25, 0.3) is 0 Å². The Morgan fingerprint density at radius 3 is 2.32 bits per heavy atom. The summed E-state index contributed by atoms with van der Waals surface area (Å²) in [6, 6.07) is 15.8. The molecule has 3 aromatic carbocycles. The van der Waals surface area contributed by atoms with Crippen molar-refractivity contribution in [1.82, 2.24) is 15.5 Å². The molecule has 0 spiro atoms. The molecule has 4 rings (SSSR count). The van der Waals surface area contributed by atoms with E-state index in [0.29, 0.717) is 46.8 Å². The third-order valence-corrected chi connectivity index (χ3v) is 6.96. The highest BCUT2D eigenvalue weighted by Crippen LogP contribution is 2.29. The zero-order chi connectivity index (χ0) is 27.4. The van der Waals surface area contributed by atoms with Gasteiger partial charge in [0.2, 0.25) is 0 Å². The number of nitrogens with one attached hydrogen (secondary N) is 2. The largest absolute Gasteiger partial charge is 0.480 e. The minimum absolute atomic E-state index is 0.0914. The molecule has 1 unspecified atom stereocenters. The smallest absolute Gasteiger partial charge is 0.328 e. The molecule has 1 aliphatic heterocycles. The average molecular weight is 534 g/mol. The zero-order valence-electron chi connectivity index (χ0n) is 21.1. The van der Waals surface area contributed by atoms with E-state index in [1.165, 1.54) is 0 Å². The van der Waals surface area contributed by atoms with Crippen molar-refractivity contribution in [2.45, 2.75) is 32.9 Å². The van der Waals surface area contributed by atoms with Gasteiger partial charge in [0.15, 0.2) is 0 Å². The molecule has 1 heterocycles. The van der Waals surface area contributed by atoms with Crippen molar-refractivity contribution >= 4 is 35.3 Å². The number of benzene rings is 3. The topological polar surface area (TPSA) is 116 Å². The van der Waals surface area contributed by atoms with Gasteiger partial charge < -0.3 is 20.6 Å². The number of carbonyl (C=O) groups excluding carboxylic acids is 3. The summed E-state index contributed by atoms with van der Waals surface area (Å²) in [5.41, 5.74) is 4.72. The SMILES string of the molecule is Cc1cc2c(c(C)c1C(=O)NC(CNC(=O)c1ccccc1)C(=O)O)CCN(C(=O)c1ccc(Cl)cc1)C2. The summed E-state index contributed by atoms with van der Waals surface area (Å²) in [7, 11) is 0. The lowest BCUT2D eigenvalue weighted by Gasteiger charge is -2.31. The van der Waals surface area contributed by atoms with Crippen LogP contribution in [0.2, 0.25) is 5.02 Å². The average Bonchev–Trinajstić information content (AvgIpc) is 2.90. The monoisotopic (exact) mass is 533 g/mol. The molecule has 0 fully saturated rings. The summed E-state index contributed by atoms with van der Waals surface area (Å²) in [6.07, 6.45) is 0.566. The Bertz CT molecular complexity index is 1390. The minimum atomic E-state index is -1.31. The van der Waals surface area contributed by atoms with Gasteiger partial charge in [-0.05, 0) is 78.9 Å².